The van der Waals surface area contributed by atoms with Crippen molar-refractivity contribution >= 4 is 21.6 Å². The number of non-ortho nitro benzene ring substituents is 1. The van der Waals surface area contributed by atoms with Gasteiger partial charge in [0, 0.05) is 22.9 Å². The zero-order valence-electron chi connectivity index (χ0n) is 9.95. The Bertz CT molecular complexity index is 401. The summed E-state index contributed by atoms with van der Waals surface area (Å²) in [6.45, 7) is 0. The average molecular weight is 234 g/mol. The van der Waals surface area contributed by atoms with Gasteiger partial charge in [-0.1, -0.05) is 28.1 Å². The lowest BCUT2D eigenvalue weighted by Crippen LogP contribution is -1.89. The Hall–Kier alpha value is -0.900. The van der Waals surface area contributed by atoms with E-state index in [1.807, 2.05) is 0 Å². The molecular formula is C8H8BrNO2. The molecule has 0 fully saturated rings. The fourth-order valence-electron chi connectivity index (χ4n) is 0.721. The van der Waals surface area contributed by atoms with Crippen LogP contribution in [0, 0.1) is 10.1 Å². The molecule has 0 saturated carbocycles. The highest BCUT2D eigenvalue weighted by molar-refractivity contribution is 9.09. The Labute approximate surface area is 84.3 Å². The van der Waals surface area contributed by atoms with E-state index >= 15 is 0 Å². The highest BCUT2D eigenvalue weighted by Crippen LogP contribution is 2.12. The normalized spacial score (nSPS) is 17.1. The predicted octanol–water partition coefficient (Wildman–Crippen LogP) is 2.53. The van der Waals surface area contributed by atoms with Gasteiger partial charge >= 0.3 is 0 Å². The van der Waals surface area contributed by atoms with Gasteiger partial charge < -0.3 is 0 Å². The third-order valence-corrected chi connectivity index (χ3v) is 1.47. The van der Waals surface area contributed by atoms with E-state index in [9.17, 15) is 10.1 Å². The minimum absolute atomic E-state index is 0.0416. The molecule has 4 heteroatoms. The van der Waals surface area contributed by atoms with E-state index in [4.69, 9.17) is 5.48 Å². The SMILES string of the molecule is [2H]C([2H])(Br)C([2H])([2H])c1ccc([N+](=O)[O-])cc1. The molecule has 0 atom stereocenters. The molecule has 3 nitrogen and oxygen atoms in total. The van der Waals surface area contributed by atoms with Crippen molar-refractivity contribution in [2.24, 2.45) is 0 Å². The molecule has 1 aromatic carbocycles. The first-order chi connectivity index (χ1) is 7.16. The highest BCUT2D eigenvalue weighted by Gasteiger charge is 2.02. The standard InChI is InChI=1S/C8H8BrNO2/c9-6-5-7-1-3-8(4-2-7)10(11)12/h1-4H,5-6H2/i5D2,6D2. The van der Waals surface area contributed by atoms with Gasteiger partial charge in [-0.15, -0.1) is 0 Å². The molecule has 0 unspecified atom stereocenters. The molecule has 0 radical (unpaired) electrons. The summed E-state index contributed by atoms with van der Waals surface area (Å²) in [5.41, 5.74) is -0.116. The third kappa shape index (κ3) is 2.30. The Morgan fingerprint density at radius 1 is 1.50 bits per heavy atom. The molecule has 1 rings (SSSR count). The van der Waals surface area contributed by atoms with Crippen LogP contribution in [0.5, 0.6) is 0 Å². The van der Waals surface area contributed by atoms with Crippen molar-refractivity contribution in [2.75, 3.05) is 5.28 Å². The van der Waals surface area contributed by atoms with E-state index in [1.54, 1.807) is 0 Å². The third-order valence-electron chi connectivity index (χ3n) is 1.27. The molecule has 0 aliphatic carbocycles. The minimum Gasteiger partial charge on any atom is -0.258 e. The summed E-state index contributed by atoms with van der Waals surface area (Å²) >= 11 is 2.61. The molecular weight excluding hydrogens is 222 g/mol. The maximum atomic E-state index is 10.4. The van der Waals surface area contributed by atoms with Gasteiger partial charge in [-0.3, -0.25) is 10.1 Å². The summed E-state index contributed by atoms with van der Waals surface area (Å²) in [5.74, 6) is 0. The largest absolute Gasteiger partial charge is 0.269 e. The lowest BCUT2D eigenvalue weighted by molar-refractivity contribution is -0.384. The van der Waals surface area contributed by atoms with Gasteiger partial charge in [-0.2, -0.15) is 0 Å². The Morgan fingerprint density at radius 2 is 2.08 bits per heavy atom. The fourth-order valence-corrected chi connectivity index (χ4v) is 0.950. The Morgan fingerprint density at radius 3 is 2.50 bits per heavy atom. The molecule has 0 N–H and O–H groups in total. The maximum absolute atomic E-state index is 10.4. The first-order valence-electron chi connectivity index (χ1n) is 5.10. The minimum atomic E-state index is -2.26. The zero-order valence-corrected chi connectivity index (χ0v) is 7.54. The molecule has 0 aliphatic rings. The molecule has 0 bridgehead atoms. The zero-order chi connectivity index (χ0) is 12.6. The number of hydrogen-bond donors (Lipinski definition) is 0. The first kappa shape index (κ1) is 4.97. The summed E-state index contributed by atoms with van der Waals surface area (Å²) in [5, 5.41) is 8.15. The topological polar surface area (TPSA) is 43.1 Å². The monoisotopic (exact) mass is 233 g/mol. The van der Waals surface area contributed by atoms with Crippen LogP contribution >= 0.6 is 15.9 Å². The second kappa shape index (κ2) is 4.21. The summed E-state index contributed by atoms with van der Waals surface area (Å²) in [7, 11) is 0. The summed E-state index contributed by atoms with van der Waals surface area (Å²) in [6.07, 6.45) is -2.26. The van der Waals surface area contributed by atoms with Gasteiger partial charge in [-0.25, -0.2) is 0 Å². The second-order valence-corrected chi connectivity index (χ2v) is 2.42. The number of aryl methyl sites for hydroxylation is 1. The number of halogens is 1. The molecule has 0 heterocycles. The lowest BCUT2D eigenvalue weighted by Gasteiger charge is -1.95. The number of nitro groups is 1. The maximum Gasteiger partial charge on any atom is 0.269 e. The smallest absolute Gasteiger partial charge is 0.258 e. The summed E-state index contributed by atoms with van der Waals surface area (Å²) in [4.78, 5) is 9.79. The second-order valence-electron chi connectivity index (χ2n) is 2.02. The molecule has 0 saturated heterocycles. The lowest BCUT2D eigenvalue weighted by atomic mass is 10.2. The first-order valence-corrected chi connectivity index (χ1v) is 3.89. The van der Waals surface area contributed by atoms with E-state index in [-0.39, 0.29) is 11.3 Å². The molecule has 0 aliphatic heterocycles. The van der Waals surface area contributed by atoms with Crippen LogP contribution in [0.1, 0.15) is 11.0 Å². The van der Waals surface area contributed by atoms with Crippen molar-refractivity contribution in [3.63, 3.8) is 0 Å². The van der Waals surface area contributed by atoms with Crippen LogP contribution in [-0.4, -0.2) is 10.2 Å². The predicted molar refractivity (Wildman–Crippen MR) is 50.6 cm³/mol. The van der Waals surface area contributed by atoms with Crippen LogP contribution in [-0.2, 0) is 6.37 Å². The van der Waals surface area contributed by atoms with E-state index in [2.05, 4.69) is 15.9 Å². The van der Waals surface area contributed by atoms with Crippen LogP contribution in [0.4, 0.5) is 5.69 Å². The van der Waals surface area contributed by atoms with Crippen molar-refractivity contribution in [1.29, 1.82) is 0 Å². The number of nitrogens with zero attached hydrogens (tertiary/aromatic N) is 1. The van der Waals surface area contributed by atoms with Gasteiger partial charge in [0.1, 0.15) is 0 Å². The average Bonchev–Trinajstić information content (AvgIpc) is 2.16. The van der Waals surface area contributed by atoms with Crippen molar-refractivity contribution in [3.8, 4) is 0 Å². The number of hydrogen-bond acceptors (Lipinski definition) is 2. The van der Waals surface area contributed by atoms with Crippen molar-refractivity contribution < 1.29 is 10.4 Å². The van der Waals surface area contributed by atoms with E-state index < -0.39 is 16.6 Å². The summed E-state index contributed by atoms with van der Waals surface area (Å²) in [6, 6.07) is 4.70. The van der Waals surface area contributed by atoms with Gasteiger partial charge in [0.2, 0.25) is 0 Å². The van der Waals surface area contributed by atoms with Gasteiger partial charge in [0.15, 0.2) is 0 Å². The van der Waals surface area contributed by atoms with Gasteiger partial charge in [0.25, 0.3) is 5.69 Å². The molecule has 0 spiro atoms. The summed E-state index contributed by atoms with van der Waals surface area (Å²) < 4.78 is 29.7. The number of alkyl halides is 1. The molecule has 0 aromatic heterocycles. The quantitative estimate of drug-likeness (QED) is 0.458. The van der Waals surface area contributed by atoms with Crippen LogP contribution in [0.15, 0.2) is 24.3 Å². The van der Waals surface area contributed by atoms with Crippen LogP contribution in [0.25, 0.3) is 0 Å². The molecule has 64 valence electrons. The fraction of sp³-hybridized carbons (Fsp3) is 0.250. The van der Waals surface area contributed by atoms with E-state index in [0.29, 0.717) is 0 Å². The van der Waals surface area contributed by atoms with Crippen molar-refractivity contribution in [3.05, 3.63) is 39.9 Å². The van der Waals surface area contributed by atoms with Gasteiger partial charge in [0.05, 0.1) is 4.92 Å². The number of nitro benzene ring substituents is 1. The van der Waals surface area contributed by atoms with E-state index in [1.165, 1.54) is 12.1 Å². The van der Waals surface area contributed by atoms with Crippen LogP contribution in [0.3, 0.4) is 0 Å². The van der Waals surface area contributed by atoms with E-state index in [0.717, 1.165) is 12.1 Å². The highest BCUT2D eigenvalue weighted by atomic mass is 79.9. The number of rotatable bonds is 3. The molecule has 12 heavy (non-hydrogen) atoms. The van der Waals surface area contributed by atoms with Crippen LogP contribution < -0.4 is 0 Å². The van der Waals surface area contributed by atoms with Crippen LogP contribution in [0.2, 0.25) is 0 Å². The molecule has 0 amide bonds. The van der Waals surface area contributed by atoms with Crippen molar-refractivity contribution in [2.45, 2.75) is 6.37 Å². The molecule has 1 aromatic rings. The van der Waals surface area contributed by atoms with Crippen molar-refractivity contribution in [1.82, 2.24) is 0 Å². The van der Waals surface area contributed by atoms with Gasteiger partial charge in [-0.05, 0) is 11.9 Å². The Kier molecular flexibility index (Phi) is 1.74. The Balaban J connectivity index is 3.11. The number of benzene rings is 1.